The van der Waals surface area contributed by atoms with E-state index in [0.717, 1.165) is 0 Å². The number of hydrogen-bond acceptors (Lipinski definition) is 4. The first kappa shape index (κ1) is 17.8. The Morgan fingerprint density at radius 3 is 2.86 bits per heavy atom. The highest BCUT2D eigenvalue weighted by molar-refractivity contribution is 6.18. The predicted octanol–water partition coefficient (Wildman–Crippen LogP) is 3.48. The molecule has 0 aliphatic carbocycles. The summed E-state index contributed by atoms with van der Waals surface area (Å²) >= 11 is 5.63. The fourth-order valence-electron chi connectivity index (χ4n) is 1.57. The van der Waals surface area contributed by atoms with E-state index in [-0.39, 0.29) is 6.61 Å². The summed E-state index contributed by atoms with van der Waals surface area (Å²) in [6, 6.07) is 6.46. The summed E-state index contributed by atoms with van der Waals surface area (Å²) in [5, 5.41) is 2.52. The van der Waals surface area contributed by atoms with E-state index in [1.807, 2.05) is 6.92 Å². The number of hydrogen-bond donors (Lipinski definition) is 1. The summed E-state index contributed by atoms with van der Waals surface area (Å²) < 4.78 is 10.0. The highest BCUT2D eigenvalue weighted by atomic mass is 35.5. The molecule has 0 bridgehead atoms. The number of anilines is 1. The van der Waals surface area contributed by atoms with E-state index in [1.54, 1.807) is 18.2 Å². The smallest absolute Gasteiger partial charge is 0.415 e. The second kappa shape index (κ2) is 9.68. The van der Waals surface area contributed by atoms with Crippen LogP contribution in [0.4, 0.5) is 15.3 Å². The van der Waals surface area contributed by atoms with Crippen LogP contribution in [0.2, 0.25) is 0 Å². The summed E-state index contributed by atoms with van der Waals surface area (Å²) in [7, 11) is 0. The van der Waals surface area contributed by atoms with Crippen LogP contribution >= 0.6 is 11.6 Å². The molecule has 6 nitrogen and oxygen atoms in total. The third-order valence-electron chi connectivity index (χ3n) is 2.61. The summed E-state index contributed by atoms with van der Waals surface area (Å²) in [6.45, 7) is 6.30. The summed E-state index contributed by atoms with van der Waals surface area (Å²) in [6.07, 6.45) is 0.365. The van der Waals surface area contributed by atoms with Crippen molar-refractivity contribution in [2.75, 3.05) is 30.9 Å². The van der Waals surface area contributed by atoms with Gasteiger partial charge in [-0.05, 0) is 19.1 Å². The van der Waals surface area contributed by atoms with Gasteiger partial charge < -0.3 is 14.4 Å². The molecule has 2 amide bonds. The lowest BCUT2D eigenvalue weighted by Gasteiger charge is -2.19. The maximum absolute atomic E-state index is 11.9. The predicted molar refractivity (Wildman–Crippen MR) is 85.6 cm³/mol. The Hall–Kier alpha value is -2.21. The van der Waals surface area contributed by atoms with E-state index in [0.29, 0.717) is 30.4 Å². The minimum atomic E-state index is -0.610. The average Bonchev–Trinajstić information content (AvgIpc) is 2.50. The van der Waals surface area contributed by atoms with E-state index >= 15 is 0 Å². The summed E-state index contributed by atoms with van der Waals surface area (Å²) in [5.74, 6) is 0.652. The molecule has 1 aromatic carbocycles. The monoisotopic (exact) mass is 326 g/mol. The van der Waals surface area contributed by atoms with Crippen LogP contribution in [0.15, 0.2) is 36.9 Å². The standard InChI is InChI=1S/C15H19ClN2O4/c1-3-10-21-14(19)17-12-6-5-7-13(11-12)22-15(20)18(4-2)9-8-16/h3,5-7,11H,1,4,8-10H2,2H3,(H,17,19). The van der Waals surface area contributed by atoms with Gasteiger partial charge in [0.2, 0.25) is 0 Å². The Kier molecular flexibility index (Phi) is 7.85. The van der Waals surface area contributed by atoms with Crippen LogP contribution in [-0.2, 0) is 4.74 Å². The third-order valence-corrected chi connectivity index (χ3v) is 2.78. The molecule has 22 heavy (non-hydrogen) atoms. The highest BCUT2D eigenvalue weighted by Crippen LogP contribution is 2.18. The van der Waals surface area contributed by atoms with Gasteiger partial charge in [0, 0.05) is 30.7 Å². The Morgan fingerprint density at radius 2 is 2.23 bits per heavy atom. The molecular formula is C15H19ClN2O4. The Bertz CT molecular complexity index is 522. The van der Waals surface area contributed by atoms with Gasteiger partial charge in [0.1, 0.15) is 12.4 Å². The van der Waals surface area contributed by atoms with E-state index in [1.165, 1.54) is 17.0 Å². The largest absolute Gasteiger partial charge is 0.445 e. The van der Waals surface area contributed by atoms with Crippen LogP contribution in [0.5, 0.6) is 5.75 Å². The lowest BCUT2D eigenvalue weighted by Crippen LogP contribution is -2.34. The van der Waals surface area contributed by atoms with Crippen molar-refractivity contribution < 1.29 is 19.1 Å². The van der Waals surface area contributed by atoms with Gasteiger partial charge in [-0.25, -0.2) is 9.59 Å². The molecule has 0 heterocycles. The lowest BCUT2D eigenvalue weighted by molar-refractivity contribution is 0.157. The molecule has 120 valence electrons. The number of carbonyl (C=O) groups is 2. The normalized spacial score (nSPS) is 9.73. The van der Waals surface area contributed by atoms with Crippen LogP contribution in [0, 0.1) is 0 Å². The van der Waals surface area contributed by atoms with E-state index < -0.39 is 12.2 Å². The minimum absolute atomic E-state index is 0.115. The lowest BCUT2D eigenvalue weighted by atomic mass is 10.3. The fraction of sp³-hybridized carbons (Fsp3) is 0.333. The second-order valence-electron chi connectivity index (χ2n) is 4.18. The molecule has 1 aromatic rings. The number of nitrogens with zero attached hydrogens (tertiary/aromatic N) is 1. The number of nitrogens with one attached hydrogen (secondary N) is 1. The molecule has 1 rings (SSSR count). The Labute approximate surface area is 134 Å². The van der Waals surface area contributed by atoms with Crippen molar-refractivity contribution in [3.8, 4) is 5.75 Å². The van der Waals surface area contributed by atoms with Crippen LogP contribution in [-0.4, -0.2) is 42.7 Å². The average molecular weight is 327 g/mol. The van der Waals surface area contributed by atoms with E-state index in [2.05, 4.69) is 11.9 Å². The van der Waals surface area contributed by atoms with Crippen LogP contribution in [0.25, 0.3) is 0 Å². The summed E-state index contributed by atoms with van der Waals surface area (Å²) in [5.41, 5.74) is 0.458. The number of rotatable bonds is 7. The van der Waals surface area contributed by atoms with Gasteiger partial charge in [0.05, 0.1) is 0 Å². The first-order valence-electron chi connectivity index (χ1n) is 6.78. The molecule has 0 atom stereocenters. The molecule has 0 aliphatic rings. The number of amides is 2. The van der Waals surface area contributed by atoms with Crippen molar-refractivity contribution in [2.45, 2.75) is 6.92 Å². The van der Waals surface area contributed by atoms with Gasteiger partial charge in [-0.2, -0.15) is 0 Å². The number of benzene rings is 1. The van der Waals surface area contributed by atoms with Crippen LogP contribution in [0.1, 0.15) is 6.92 Å². The molecule has 0 radical (unpaired) electrons. The zero-order valence-corrected chi connectivity index (χ0v) is 13.1. The quantitative estimate of drug-likeness (QED) is 0.615. The van der Waals surface area contributed by atoms with Crippen molar-refractivity contribution in [1.29, 1.82) is 0 Å². The van der Waals surface area contributed by atoms with Gasteiger partial charge in [-0.1, -0.05) is 18.7 Å². The van der Waals surface area contributed by atoms with Crippen LogP contribution < -0.4 is 10.1 Å². The van der Waals surface area contributed by atoms with Crippen molar-refractivity contribution in [3.63, 3.8) is 0 Å². The number of ether oxygens (including phenoxy) is 2. The molecular weight excluding hydrogens is 308 g/mol. The number of halogens is 1. The zero-order valence-electron chi connectivity index (χ0n) is 12.4. The molecule has 0 saturated carbocycles. The SMILES string of the molecule is C=CCOC(=O)Nc1cccc(OC(=O)N(CC)CCCl)c1. The zero-order chi connectivity index (χ0) is 16.4. The molecule has 0 aromatic heterocycles. The van der Waals surface area contributed by atoms with Gasteiger partial charge in [-0.3, -0.25) is 5.32 Å². The molecule has 1 N–H and O–H groups in total. The molecule has 0 saturated heterocycles. The van der Waals surface area contributed by atoms with Gasteiger partial charge in [0.25, 0.3) is 0 Å². The van der Waals surface area contributed by atoms with E-state index in [4.69, 9.17) is 21.1 Å². The minimum Gasteiger partial charge on any atom is -0.445 e. The molecule has 0 fully saturated rings. The number of carbonyl (C=O) groups excluding carboxylic acids is 2. The first-order chi connectivity index (χ1) is 10.6. The van der Waals surface area contributed by atoms with E-state index in [9.17, 15) is 9.59 Å². The second-order valence-corrected chi connectivity index (χ2v) is 4.55. The molecule has 0 unspecified atom stereocenters. The fourth-order valence-corrected chi connectivity index (χ4v) is 1.78. The van der Waals surface area contributed by atoms with Crippen molar-refractivity contribution in [3.05, 3.63) is 36.9 Å². The molecule has 0 spiro atoms. The molecule has 0 aliphatic heterocycles. The number of alkyl halides is 1. The maximum atomic E-state index is 11.9. The molecule has 7 heteroatoms. The maximum Gasteiger partial charge on any atom is 0.415 e. The topological polar surface area (TPSA) is 67.9 Å². The van der Waals surface area contributed by atoms with Crippen molar-refractivity contribution in [1.82, 2.24) is 4.90 Å². The Morgan fingerprint density at radius 1 is 1.45 bits per heavy atom. The van der Waals surface area contributed by atoms with Crippen LogP contribution in [0.3, 0.4) is 0 Å². The van der Waals surface area contributed by atoms with Crippen molar-refractivity contribution in [2.24, 2.45) is 0 Å². The summed E-state index contributed by atoms with van der Waals surface area (Å²) in [4.78, 5) is 24.8. The van der Waals surface area contributed by atoms with Crippen molar-refractivity contribution >= 4 is 29.5 Å². The Balaban J connectivity index is 2.65. The van der Waals surface area contributed by atoms with Gasteiger partial charge >= 0.3 is 12.2 Å². The first-order valence-corrected chi connectivity index (χ1v) is 7.31. The third kappa shape index (κ3) is 6.05. The van der Waals surface area contributed by atoms with Gasteiger partial charge in [-0.15, -0.1) is 11.6 Å². The highest BCUT2D eigenvalue weighted by Gasteiger charge is 2.13. The van der Waals surface area contributed by atoms with Gasteiger partial charge in [0.15, 0.2) is 0 Å².